The van der Waals surface area contributed by atoms with E-state index in [0.717, 1.165) is 39.3 Å². The van der Waals surface area contributed by atoms with Crippen molar-refractivity contribution in [2.45, 2.75) is 75.9 Å². The third-order valence-corrected chi connectivity index (χ3v) is 19.2. The fourth-order valence-electron chi connectivity index (χ4n) is 15.1. The van der Waals surface area contributed by atoms with Gasteiger partial charge in [-0.25, -0.2) is 0 Å². The van der Waals surface area contributed by atoms with Crippen LogP contribution in [0.15, 0.2) is 364 Å². The highest BCUT2D eigenvalue weighted by Crippen LogP contribution is 2.54. The van der Waals surface area contributed by atoms with Crippen molar-refractivity contribution in [1.29, 1.82) is 0 Å². The first kappa shape index (κ1) is 71.8. The summed E-state index contributed by atoms with van der Waals surface area (Å²) in [5.74, 6) is 0. The third-order valence-electron chi connectivity index (χ3n) is 19.2. The van der Waals surface area contributed by atoms with Crippen molar-refractivity contribution in [3.05, 3.63) is 431 Å². The van der Waals surface area contributed by atoms with Crippen molar-refractivity contribution in [1.82, 2.24) is 14.7 Å². The van der Waals surface area contributed by atoms with Crippen LogP contribution in [-0.2, 0) is 16.2 Å². The predicted octanol–water partition coefficient (Wildman–Crippen LogP) is 19.3. The molecule has 0 bridgehead atoms. The molecule has 0 saturated carbocycles. The standard InChI is InChI=1S/3C30H31N.BH3O3/c3*1-3-31(4-2)29(25-17-9-5-10-18-25)30(26-19-11-6-12-20-26,27-21-13-7-14-22-27)28-23-15-8-16-24-28;2-1(3)4/h3*5-24,29H,3-4H2,1-2H3;2-4H. The number of likely N-dealkylation sites (N-methyl/N-ethyl adjacent to an activating group) is 3. The molecule has 0 aromatic heterocycles. The van der Waals surface area contributed by atoms with Crippen molar-refractivity contribution in [3.63, 3.8) is 0 Å². The van der Waals surface area contributed by atoms with Crippen molar-refractivity contribution in [3.8, 4) is 0 Å². The molecule has 97 heavy (non-hydrogen) atoms. The first-order valence-corrected chi connectivity index (χ1v) is 34.6. The lowest BCUT2D eigenvalue weighted by atomic mass is 9.62. The van der Waals surface area contributed by atoms with E-state index in [2.05, 4.69) is 420 Å². The molecule has 3 unspecified atom stereocenters. The van der Waals surface area contributed by atoms with Gasteiger partial charge in [-0.15, -0.1) is 0 Å². The van der Waals surface area contributed by atoms with Crippen LogP contribution < -0.4 is 0 Å². The molecule has 6 nitrogen and oxygen atoms in total. The van der Waals surface area contributed by atoms with E-state index in [1.165, 1.54) is 66.8 Å². The number of nitrogens with zero attached hydrogens (tertiary/aromatic N) is 3. The van der Waals surface area contributed by atoms with Gasteiger partial charge in [-0.05, 0) is 106 Å². The van der Waals surface area contributed by atoms with E-state index in [1.807, 2.05) is 0 Å². The molecule has 3 atom stereocenters. The number of rotatable bonds is 24. The van der Waals surface area contributed by atoms with Crippen molar-refractivity contribution in [2.75, 3.05) is 39.3 Å². The molecule has 12 rings (SSSR count). The Morgan fingerprint density at radius 1 is 0.206 bits per heavy atom. The van der Waals surface area contributed by atoms with Crippen molar-refractivity contribution >= 4 is 7.32 Å². The van der Waals surface area contributed by atoms with E-state index in [4.69, 9.17) is 15.1 Å². The minimum Gasteiger partial charge on any atom is -0.402 e. The number of hydrogen-bond acceptors (Lipinski definition) is 6. The molecule has 0 saturated heterocycles. The van der Waals surface area contributed by atoms with Gasteiger partial charge in [0.1, 0.15) is 0 Å². The SMILES string of the molecule is CCN(CC)C(c1ccccc1)C(c1ccccc1)(c1ccccc1)c1ccccc1.CCN(CC)C(c1ccccc1)C(c1ccccc1)(c1ccccc1)c1ccccc1.CCN(CC)C(c1ccccc1)C(c1ccccc1)(c1ccccc1)c1ccccc1.OB(O)O. The van der Waals surface area contributed by atoms with Gasteiger partial charge in [0.25, 0.3) is 0 Å². The maximum absolute atomic E-state index is 7.17. The molecule has 0 amide bonds. The maximum Gasteiger partial charge on any atom is 0.631 e. The molecule has 0 aliphatic heterocycles. The summed E-state index contributed by atoms with van der Waals surface area (Å²) >= 11 is 0. The van der Waals surface area contributed by atoms with E-state index >= 15 is 0 Å². The molecule has 0 fully saturated rings. The zero-order valence-corrected chi connectivity index (χ0v) is 57.4. The Morgan fingerprint density at radius 3 is 0.412 bits per heavy atom. The average molecular weight is 1280 g/mol. The predicted molar refractivity (Wildman–Crippen MR) is 406 cm³/mol. The summed E-state index contributed by atoms with van der Waals surface area (Å²) in [7, 11) is -2.17. The molecule has 12 aromatic rings. The van der Waals surface area contributed by atoms with Gasteiger partial charge in [0.05, 0.1) is 34.4 Å². The molecular weight excluding hydrogens is 1180 g/mol. The molecule has 492 valence electrons. The van der Waals surface area contributed by atoms with Crippen LogP contribution in [0.5, 0.6) is 0 Å². The van der Waals surface area contributed by atoms with Crippen LogP contribution in [0.25, 0.3) is 0 Å². The summed E-state index contributed by atoms with van der Waals surface area (Å²) in [6.45, 7) is 19.5. The van der Waals surface area contributed by atoms with Gasteiger partial charge in [-0.3, -0.25) is 14.7 Å². The molecule has 7 heteroatoms. The van der Waals surface area contributed by atoms with E-state index in [1.54, 1.807) is 0 Å². The fourth-order valence-corrected chi connectivity index (χ4v) is 15.1. The van der Waals surface area contributed by atoms with Crippen LogP contribution in [0, 0.1) is 0 Å². The number of benzene rings is 12. The lowest BCUT2D eigenvalue weighted by Gasteiger charge is -2.47. The lowest BCUT2D eigenvalue weighted by Crippen LogP contribution is -2.46. The fraction of sp³-hybridized carbons (Fsp3) is 0.200. The number of hydrogen-bond donors (Lipinski definition) is 3. The average Bonchev–Trinajstić information content (AvgIpc) is 0.744. The summed E-state index contributed by atoms with van der Waals surface area (Å²) in [6.07, 6.45) is 0. The van der Waals surface area contributed by atoms with E-state index in [0.29, 0.717) is 0 Å². The summed E-state index contributed by atoms with van der Waals surface area (Å²) < 4.78 is 0. The van der Waals surface area contributed by atoms with Gasteiger partial charge >= 0.3 is 7.32 Å². The molecule has 0 spiro atoms. The molecular formula is C90H96BN3O3. The van der Waals surface area contributed by atoms with E-state index < -0.39 is 7.32 Å². The Morgan fingerprint density at radius 2 is 0.309 bits per heavy atom. The summed E-state index contributed by atoms with van der Waals surface area (Å²) in [5, 5.41) is 21.5. The highest BCUT2D eigenvalue weighted by molar-refractivity contribution is 6.30. The summed E-state index contributed by atoms with van der Waals surface area (Å²) in [4.78, 5) is 7.80. The van der Waals surface area contributed by atoms with Gasteiger partial charge in [0.2, 0.25) is 0 Å². The molecule has 12 aromatic carbocycles. The van der Waals surface area contributed by atoms with Crippen molar-refractivity contribution in [2.24, 2.45) is 0 Å². The van der Waals surface area contributed by atoms with Crippen LogP contribution in [0.1, 0.15) is 126 Å². The Labute approximate surface area is 579 Å². The van der Waals surface area contributed by atoms with Crippen LogP contribution >= 0.6 is 0 Å². The maximum atomic E-state index is 7.17. The smallest absolute Gasteiger partial charge is 0.402 e. The molecule has 0 radical (unpaired) electrons. The van der Waals surface area contributed by atoms with Crippen LogP contribution in [0.3, 0.4) is 0 Å². The minimum absolute atomic E-state index is 0.149. The third kappa shape index (κ3) is 16.3. The largest absolute Gasteiger partial charge is 0.631 e. The Hall–Kier alpha value is -9.54. The first-order chi connectivity index (χ1) is 47.7. The van der Waals surface area contributed by atoms with Gasteiger partial charge in [-0.1, -0.05) is 406 Å². The van der Waals surface area contributed by atoms with Gasteiger partial charge in [0, 0.05) is 0 Å². The highest BCUT2D eigenvalue weighted by atomic mass is 16.5. The zero-order chi connectivity index (χ0) is 68.1. The van der Waals surface area contributed by atoms with E-state index in [9.17, 15) is 0 Å². The van der Waals surface area contributed by atoms with Crippen LogP contribution in [-0.4, -0.2) is 76.4 Å². The second-order valence-corrected chi connectivity index (χ2v) is 24.2. The van der Waals surface area contributed by atoms with Crippen LogP contribution in [0.4, 0.5) is 0 Å². The Kier molecular flexibility index (Phi) is 27.0. The second-order valence-electron chi connectivity index (χ2n) is 24.2. The van der Waals surface area contributed by atoms with E-state index in [-0.39, 0.29) is 34.4 Å². The quantitative estimate of drug-likeness (QED) is 0.0414. The summed E-state index contributed by atoms with van der Waals surface area (Å²) in [6, 6.07) is 133. The summed E-state index contributed by atoms with van der Waals surface area (Å²) in [5.41, 5.74) is 14.8. The Bertz CT molecular complexity index is 3330. The van der Waals surface area contributed by atoms with Gasteiger partial charge in [-0.2, -0.15) is 0 Å². The minimum atomic E-state index is -2.17. The zero-order valence-electron chi connectivity index (χ0n) is 57.4. The van der Waals surface area contributed by atoms with Gasteiger partial charge < -0.3 is 15.1 Å². The Balaban J connectivity index is 0.000000166. The molecule has 3 N–H and O–H groups in total. The molecule has 0 aliphatic rings. The highest BCUT2D eigenvalue weighted by Gasteiger charge is 2.49. The van der Waals surface area contributed by atoms with Gasteiger partial charge in [0.15, 0.2) is 0 Å². The molecule has 0 heterocycles. The van der Waals surface area contributed by atoms with Crippen molar-refractivity contribution < 1.29 is 15.1 Å². The lowest BCUT2D eigenvalue weighted by molar-refractivity contribution is 0.168. The topological polar surface area (TPSA) is 70.4 Å². The second kappa shape index (κ2) is 36.5. The monoisotopic (exact) mass is 1280 g/mol. The first-order valence-electron chi connectivity index (χ1n) is 34.6. The molecule has 0 aliphatic carbocycles. The normalized spacial score (nSPS) is 12.4. The van der Waals surface area contributed by atoms with Crippen LogP contribution in [0.2, 0.25) is 0 Å².